The second-order valence-corrected chi connectivity index (χ2v) is 6.81. The van der Waals surface area contributed by atoms with E-state index in [1.807, 2.05) is 0 Å². The van der Waals surface area contributed by atoms with Gasteiger partial charge in [0.2, 0.25) is 0 Å². The van der Waals surface area contributed by atoms with E-state index in [4.69, 9.17) is 14.2 Å². The highest BCUT2D eigenvalue weighted by Crippen LogP contribution is 2.23. The van der Waals surface area contributed by atoms with Crippen LogP contribution in [0.25, 0.3) is 17.0 Å². The Morgan fingerprint density at radius 2 is 1.40 bits per heavy atom. The van der Waals surface area contributed by atoms with Gasteiger partial charge in [-0.15, -0.1) is 0 Å². The Balaban J connectivity index is 2.48. The van der Waals surface area contributed by atoms with Crippen LogP contribution in [0.15, 0.2) is 61.0 Å². The molecule has 2 aromatic rings. The second-order valence-electron chi connectivity index (χ2n) is 6.81. The van der Waals surface area contributed by atoms with E-state index < -0.39 is 23.9 Å². The lowest BCUT2D eigenvalue weighted by molar-refractivity contribution is -0.139. The summed E-state index contributed by atoms with van der Waals surface area (Å²) in [6.07, 6.45) is 7.18. The van der Waals surface area contributed by atoms with E-state index in [2.05, 4.69) is 21.3 Å². The molecule has 0 spiro atoms. The molecule has 1 aromatic heterocycles. The number of hydrogen-bond donors (Lipinski definition) is 0. The third-order valence-electron chi connectivity index (χ3n) is 4.69. The topological polar surface area (TPSA) is 131 Å². The molecule has 0 aliphatic heterocycles. The van der Waals surface area contributed by atoms with Gasteiger partial charge < -0.3 is 18.9 Å². The van der Waals surface area contributed by atoms with Crippen LogP contribution >= 0.6 is 0 Å². The van der Waals surface area contributed by atoms with Crippen molar-refractivity contribution >= 4 is 29.5 Å². The van der Waals surface area contributed by atoms with Gasteiger partial charge in [-0.25, -0.2) is 24.4 Å². The minimum absolute atomic E-state index is 0.116. The van der Waals surface area contributed by atoms with Crippen molar-refractivity contribution in [3.8, 4) is 11.4 Å². The maximum atomic E-state index is 12.1. The normalized spacial score (nSPS) is 11.3. The van der Waals surface area contributed by atoms with E-state index in [0.29, 0.717) is 16.7 Å². The smallest absolute Gasteiger partial charge is 0.337 e. The first kappa shape index (κ1) is 26.7. The zero-order valence-corrected chi connectivity index (χ0v) is 19.7. The standard InChI is InChI=1S/C25H24N2O8/c1-6-15(9-16(23(29)33-3)7-8-21(28)32-2)20-13-26-22(27-14-20)17-10-18(24(30)34-4)12-19(11-17)25(31)35-5/h6-7,9-14H,1,8H2,2-5H3/b15-9+,16-7+. The molecular formula is C25H24N2O8. The average Bonchev–Trinajstić information content (AvgIpc) is 2.91. The van der Waals surface area contributed by atoms with Crippen LogP contribution < -0.4 is 0 Å². The lowest BCUT2D eigenvalue weighted by Crippen LogP contribution is -2.07. The number of ether oxygens (including phenoxy) is 4. The molecule has 0 fully saturated rings. The monoisotopic (exact) mass is 480 g/mol. The van der Waals surface area contributed by atoms with Crippen LogP contribution in [0.1, 0.15) is 32.7 Å². The summed E-state index contributed by atoms with van der Waals surface area (Å²) in [6, 6.07) is 4.33. The summed E-state index contributed by atoms with van der Waals surface area (Å²) in [6.45, 7) is 3.75. The lowest BCUT2D eigenvalue weighted by atomic mass is 10.0. The first-order chi connectivity index (χ1) is 16.8. The van der Waals surface area contributed by atoms with Gasteiger partial charge in [-0.1, -0.05) is 18.7 Å². The first-order valence-electron chi connectivity index (χ1n) is 10.1. The number of carbonyl (C=O) groups is 4. The average molecular weight is 480 g/mol. The van der Waals surface area contributed by atoms with E-state index in [1.165, 1.54) is 77.3 Å². The molecule has 10 nitrogen and oxygen atoms in total. The lowest BCUT2D eigenvalue weighted by Gasteiger charge is -2.09. The molecule has 1 heterocycles. The number of allylic oxidation sites excluding steroid dienone is 2. The van der Waals surface area contributed by atoms with Gasteiger partial charge in [-0.05, 0) is 29.8 Å². The predicted molar refractivity (Wildman–Crippen MR) is 125 cm³/mol. The summed E-state index contributed by atoms with van der Waals surface area (Å²) >= 11 is 0. The maximum absolute atomic E-state index is 12.1. The number of carbonyl (C=O) groups excluding carboxylic acids is 4. The molecule has 0 radical (unpaired) electrons. The Bertz CT molecular complexity index is 1160. The molecule has 0 bridgehead atoms. The zero-order chi connectivity index (χ0) is 26.0. The molecule has 0 atom stereocenters. The largest absolute Gasteiger partial charge is 0.469 e. The van der Waals surface area contributed by atoms with E-state index in [0.717, 1.165) is 0 Å². The molecule has 0 unspecified atom stereocenters. The maximum Gasteiger partial charge on any atom is 0.337 e. The summed E-state index contributed by atoms with van der Waals surface area (Å²) in [5.74, 6) is -2.23. The van der Waals surface area contributed by atoms with Crippen LogP contribution in [0.5, 0.6) is 0 Å². The highest BCUT2D eigenvalue weighted by Gasteiger charge is 2.16. The van der Waals surface area contributed by atoms with Crippen molar-refractivity contribution in [3.63, 3.8) is 0 Å². The van der Waals surface area contributed by atoms with E-state index in [-0.39, 0.29) is 28.9 Å². The molecule has 0 N–H and O–H groups in total. The van der Waals surface area contributed by atoms with Gasteiger partial charge in [0.05, 0.1) is 51.6 Å². The first-order valence-corrected chi connectivity index (χ1v) is 10.1. The fourth-order valence-electron chi connectivity index (χ4n) is 2.88. The highest BCUT2D eigenvalue weighted by atomic mass is 16.5. The Morgan fingerprint density at radius 1 is 0.829 bits per heavy atom. The molecule has 2 rings (SSSR count). The van der Waals surface area contributed by atoms with Crippen LogP contribution in [0, 0.1) is 0 Å². The Kier molecular flexibility index (Phi) is 9.59. The minimum Gasteiger partial charge on any atom is -0.469 e. The second kappa shape index (κ2) is 12.6. The van der Waals surface area contributed by atoms with Crippen LogP contribution in [0.2, 0.25) is 0 Å². The van der Waals surface area contributed by atoms with Crippen molar-refractivity contribution in [1.29, 1.82) is 0 Å². The molecule has 10 heteroatoms. The quantitative estimate of drug-likeness (QED) is 0.228. The fraction of sp³-hybridized carbons (Fsp3) is 0.200. The highest BCUT2D eigenvalue weighted by molar-refractivity contribution is 5.97. The van der Waals surface area contributed by atoms with Crippen molar-refractivity contribution in [2.75, 3.05) is 28.4 Å². The Hall–Kier alpha value is -4.60. The fourth-order valence-corrected chi connectivity index (χ4v) is 2.88. The van der Waals surface area contributed by atoms with Crippen molar-refractivity contribution in [2.45, 2.75) is 6.42 Å². The van der Waals surface area contributed by atoms with Crippen molar-refractivity contribution in [1.82, 2.24) is 9.97 Å². The van der Waals surface area contributed by atoms with Crippen LogP contribution in [0.3, 0.4) is 0 Å². The molecule has 0 aliphatic carbocycles. The Labute approximate surface area is 201 Å². The van der Waals surface area contributed by atoms with E-state index >= 15 is 0 Å². The van der Waals surface area contributed by atoms with Gasteiger partial charge in [0.1, 0.15) is 0 Å². The predicted octanol–water partition coefficient (Wildman–Crippen LogP) is 2.95. The molecule has 0 saturated carbocycles. The number of hydrogen-bond acceptors (Lipinski definition) is 10. The van der Waals surface area contributed by atoms with Crippen molar-refractivity contribution < 1.29 is 38.1 Å². The molecule has 0 amide bonds. The summed E-state index contributed by atoms with van der Waals surface area (Å²) in [5, 5.41) is 0. The van der Waals surface area contributed by atoms with Gasteiger partial charge in [-0.3, -0.25) is 4.79 Å². The summed E-state index contributed by atoms with van der Waals surface area (Å²) in [4.78, 5) is 56.3. The number of benzene rings is 1. The molecule has 182 valence electrons. The molecular weight excluding hydrogens is 456 g/mol. The number of esters is 4. The van der Waals surface area contributed by atoms with E-state index in [9.17, 15) is 19.2 Å². The third-order valence-corrected chi connectivity index (χ3v) is 4.69. The molecule has 1 aromatic carbocycles. The van der Waals surface area contributed by atoms with Gasteiger partial charge in [0.25, 0.3) is 0 Å². The summed E-state index contributed by atoms with van der Waals surface area (Å²) in [7, 11) is 4.92. The number of nitrogens with zero attached hydrogens (tertiary/aromatic N) is 2. The van der Waals surface area contributed by atoms with Crippen LogP contribution in [-0.4, -0.2) is 62.3 Å². The number of aromatic nitrogens is 2. The van der Waals surface area contributed by atoms with Gasteiger partial charge in [0.15, 0.2) is 5.82 Å². The van der Waals surface area contributed by atoms with Gasteiger partial charge in [0, 0.05) is 23.5 Å². The molecule has 35 heavy (non-hydrogen) atoms. The SMILES string of the molecule is C=C/C(=C\C(=C/CC(=O)OC)C(=O)OC)c1cnc(-c2cc(C(=O)OC)cc(C(=O)OC)c2)nc1. The molecule has 0 aliphatic rings. The van der Waals surface area contributed by atoms with E-state index in [1.54, 1.807) is 0 Å². The number of rotatable bonds is 9. The summed E-state index contributed by atoms with van der Waals surface area (Å²) < 4.78 is 18.9. The van der Waals surface area contributed by atoms with Gasteiger partial charge in [-0.2, -0.15) is 0 Å². The Morgan fingerprint density at radius 3 is 1.86 bits per heavy atom. The third kappa shape index (κ3) is 6.94. The molecule has 0 saturated heterocycles. The van der Waals surface area contributed by atoms with Gasteiger partial charge >= 0.3 is 23.9 Å². The minimum atomic E-state index is -0.652. The van der Waals surface area contributed by atoms with Crippen molar-refractivity contribution in [3.05, 3.63) is 77.7 Å². The van der Waals surface area contributed by atoms with Crippen LogP contribution in [-0.2, 0) is 28.5 Å². The zero-order valence-electron chi connectivity index (χ0n) is 19.7. The van der Waals surface area contributed by atoms with Crippen LogP contribution in [0.4, 0.5) is 0 Å². The number of methoxy groups -OCH3 is 4. The summed E-state index contributed by atoms with van der Waals surface area (Å²) in [5.41, 5.74) is 1.75. The van der Waals surface area contributed by atoms with Crippen molar-refractivity contribution in [2.24, 2.45) is 0 Å².